The predicted octanol–water partition coefficient (Wildman–Crippen LogP) is 5.76. The molecule has 6 heteroatoms. The summed E-state index contributed by atoms with van der Waals surface area (Å²) in [6.45, 7) is 0. The number of amides is 1. The summed E-state index contributed by atoms with van der Waals surface area (Å²) >= 11 is 0. The summed E-state index contributed by atoms with van der Waals surface area (Å²) in [5, 5.41) is 0. The standard InChI is InChI=1S/C29H26FNO4/c1-34-23-14-22(15-24(16-23)35-2)31-26-12-20(18-6-4-3-5-7-18)13-27(32)29(26)25(17-28(31)33)19-8-10-21(30)11-9-19/h3-11,14-16,20,25H,12-13,17H2,1-2H3. The number of benzene rings is 3. The molecule has 1 amide bonds. The number of methoxy groups -OCH3 is 2. The third kappa shape index (κ3) is 4.32. The van der Waals surface area contributed by atoms with Gasteiger partial charge in [-0.3, -0.25) is 14.5 Å². The molecule has 2 unspecified atom stereocenters. The number of hydrogen-bond donors (Lipinski definition) is 0. The van der Waals surface area contributed by atoms with Crippen LogP contribution in [0.1, 0.15) is 42.2 Å². The molecule has 3 aromatic rings. The smallest absolute Gasteiger partial charge is 0.232 e. The van der Waals surface area contributed by atoms with Crippen molar-refractivity contribution in [1.82, 2.24) is 0 Å². The van der Waals surface area contributed by atoms with Gasteiger partial charge in [0, 0.05) is 48.2 Å². The van der Waals surface area contributed by atoms with Gasteiger partial charge in [-0.05, 0) is 35.6 Å². The van der Waals surface area contributed by atoms with Crippen LogP contribution in [0, 0.1) is 5.82 Å². The lowest BCUT2D eigenvalue weighted by atomic mass is 9.72. The van der Waals surface area contributed by atoms with Gasteiger partial charge in [0.25, 0.3) is 0 Å². The molecule has 3 aromatic carbocycles. The molecule has 0 N–H and O–H groups in total. The van der Waals surface area contributed by atoms with Crippen LogP contribution in [0.4, 0.5) is 10.1 Å². The summed E-state index contributed by atoms with van der Waals surface area (Å²) in [6.07, 6.45) is 1.02. The number of nitrogens with zero attached hydrogens (tertiary/aromatic N) is 1. The van der Waals surface area contributed by atoms with Crippen LogP contribution in [0.25, 0.3) is 0 Å². The molecule has 2 aliphatic rings. The second-order valence-corrected chi connectivity index (χ2v) is 8.91. The van der Waals surface area contributed by atoms with Crippen LogP contribution in [0.2, 0.25) is 0 Å². The van der Waals surface area contributed by atoms with E-state index >= 15 is 0 Å². The Labute approximate surface area is 203 Å². The zero-order valence-electron chi connectivity index (χ0n) is 19.7. The van der Waals surface area contributed by atoms with E-state index in [1.165, 1.54) is 12.1 Å². The quantitative estimate of drug-likeness (QED) is 0.475. The molecule has 178 valence electrons. The van der Waals surface area contributed by atoms with E-state index in [0.717, 1.165) is 11.1 Å². The third-order valence-electron chi connectivity index (χ3n) is 6.87. The average Bonchev–Trinajstić information content (AvgIpc) is 2.88. The molecule has 35 heavy (non-hydrogen) atoms. The number of carbonyl (C=O) groups excluding carboxylic acids is 2. The van der Waals surface area contributed by atoms with Gasteiger partial charge in [-0.2, -0.15) is 0 Å². The summed E-state index contributed by atoms with van der Waals surface area (Å²) in [5.41, 5.74) is 3.74. The van der Waals surface area contributed by atoms with Crippen LogP contribution in [0.3, 0.4) is 0 Å². The van der Waals surface area contributed by atoms with E-state index in [9.17, 15) is 14.0 Å². The number of rotatable bonds is 5. The summed E-state index contributed by atoms with van der Waals surface area (Å²) in [7, 11) is 3.11. The van der Waals surface area contributed by atoms with Crippen LogP contribution in [0.5, 0.6) is 11.5 Å². The number of carbonyl (C=O) groups is 2. The van der Waals surface area contributed by atoms with E-state index in [1.54, 1.807) is 49.5 Å². The second kappa shape index (κ2) is 9.37. The first-order valence-electron chi connectivity index (χ1n) is 11.6. The van der Waals surface area contributed by atoms with Crippen molar-refractivity contribution in [2.24, 2.45) is 0 Å². The SMILES string of the molecule is COc1cc(OC)cc(N2C(=O)CC(c3ccc(F)cc3)C3=C2CC(c2ccccc2)CC3=O)c1. The maximum absolute atomic E-state index is 13.7. The summed E-state index contributed by atoms with van der Waals surface area (Å²) in [6, 6.07) is 21.3. The molecule has 1 aliphatic carbocycles. The van der Waals surface area contributed by atoms with Crippen molar-refractivity contribution >= 4 is 17.4 Å². The maximum Gasteiger partial charge on any atom is 0.232 e. The Hall–Kier alpha value is -3.93. The summed E-state index contributed by atoms with van der Waals surface area (Å²) in [4.78, 5) is 29.0. The molecule has 0 saturated heterocycles. The lowest BCUT2D eigenvalue weighted by Gasteiger charge is -2.40. The third-order valence-corrected chi connectivity index (χ3v) is 6.87. The van der Waals surface area contributed by atoms with Crippen molar-refractivity contribution in [1.29, 1.82) is 0 Å². The van der Waals surface area contributed by atoms with Crippen LogP contribution in [-0.4, -0.2) is 25.9 Å². The van der Waals surface area contributed by atoms with Crippen molar-refractivity contribution in [2.75, 3.05) is 19.1 Å². The van der Waals surface area contributed by atoms with Crippen LogP contribution in [0.15, 0.2) is 84.1 Å². The van der Waals surface area contributed by atoms with Crippen molar-refractivity contribution in [3.8, 4) is 11.5 Å². The van der Waals surface area contributed by atoms with Crippen molar-refractivity contribution < 1.29 is 23.5 Å². The highest BCUT2D eigenvalue weighted by Crippen LogP contribution is 2.47. The van der Waals surface area contributed by atoms with Crippen molar-refractivity contribution in [3.05, 3.63) is 101 Å². The van der Waals surface area contributed by atoms with Gasteiger partial charge in [-0.15, -0.1) is 0 Å². The number of hydrogen-bond acceptors (Lipinski definition) is 4. The van der Waals surface area contributed by atoms with E-state index in [2.05, 4.69) is 0 Å². The second-order valence-electron chi connectivity index (χ2n) is 8.91. The lowest BCUT2D eigenvalue weighted by Crippen LogP contribution is -2.41. The minimum atomic E-state index is -0.411. The number of Topliss-reactive ketones (excluding diaryl/α,β-unsaturated/α-hetero) is 1. The van der Waals surface area contributed by atoms with Gasteiger partial charge < -0.3 is 9.47 Å². The van der Waals surface area contributed by atoms with Crippen LogP contribution < -0.4 is 14.4 Å². The van der Waals surface area contributed by atoms with Gasteiger partial charge >= 0.3 is 0 Å². The van der Waals surface area contributed by atoms with Gasteiger partial charge in [-0.25, -0.2) is 4.39 Å². The first-order chi connectivity index (χ1) is 17.0. The maximum atomic E-state index is 13.7. The van der Waals surface area contributed by atoms with E-state index in [4.69, 9.17) is 9.47 Å². The van der Waals surface area contributed by atoms with Gasteiger partial charge in [-0.1, -0.05) is 42.5 Å². The van der Waals surface area contributed by atoms with Crippen molar-refractivity contribution in [3.63, 3.8) is 0 Å². The molecular formula is C29H26FNO4. The minimum Gasteiger partial charge on any atom is -0.497 e. The molecule has 2 atom stereocenters. The highest BCUT2D eigenvalue weighted by atomic mass is 19.1. The first-order valence-corrected chi connectivity index (χ1v) is 11.6. The molecule has 0 saturated carbocycles. The molecule has 1 heterocycles. The first kappa shape index (κ1) is 22.8. The molecule has 5 nitrogen and oxygen atoms in total. The largest absolute Gasteiger partial charge is 0.497 e. The van der Waals surface area contributed by atoms with Crippen molar-refractivity contribution in [2.45, 2.75) is 31.1 Å². The molecule has 5 rings (SSSR count). The highest BCUT2D eigenvalue weighted by Gasteiger charge is 2.42. The highest BCUT2D eigenvalue weighted by molar-refractivity contribution is 6.08. The fourth-order valence-electron chi connectivity index (χ4n) is 5.20. The molecule has 0 fully saturated rings. The Morgan fingerprint density at radius 1 is 0.800 bits per heavy atom. The number of allylic oxidation sites excluding steroid dienone is 2. The fourth-order valence-corrected chi connectivity index (χ4v) is 5.20. The molecule has 1 aliphatic heterocycles. The fraction of sp³-hybridized carbons (Fsp3) is 0.241. The van der Waals surface area contributed by atoms with Gasteiger partial charge in [0.05, 0.1) is 19.9 Å². The van der Waals surface area contributed by atoms with Gasteiger partial charge in [0.2, 0.25) is 5.91 Å². The number of anilines is 1. The number of ketones is 1. The zero-order valence-corrected chi connectivity index (χ0v) is 19.7. The Balaban J connectivity index is 1.67. The Morgan fingerprint density at radius 3 is 2.09 bits per heavy atom. The Bertz CT molecular complexity index is 1280. The Kier molecular flexibility index (Phi) is 6.12. The number of halogens is 1. The molecule has 0 aromatic heterocycles. The predicted molar refractivity (Wildman–Crippen MR) is 131 cm³/mol. The van der Waals surface area contributed by atoms with Crippen LogP contribution in [-0.2, 0) is 9.59 Å². The average molecular weight is 472 g/mol. The summed E-state index contributed by atoms with van der Waals surface area (Å²) < 4.78 is 24.5. The zero-order chi connectivity index (χ0) is 24.5. The Morgan fingerprint density at radius 2 is 1.46 bits per heavy atom. The summed E-state index contributed by atoms with van der Waals surface area (Å²) in [5.74, 6) is 0.183. The van der Waals surface area contributed by atoms with E-state index in [0.29, 0.717) is 41.3 Å². The normalized spacial score (nSPS) is 20.0. The topological polar surface area (TPSA) is 55.8 Å². The molecule has 0 radical (unpaired) electrons. The van der Waals surface area contributed by atoms with Gasteiger partial charge in [0.15, 0.2) is 5.78 Å². The molecular weight excluding hydrogens is 445 g/mol. The molecule has 0 bridgehead atoms. The number of ether oxygens (including phenoxy) is 2. The monoisotopic (exact) mass is 471 g/mol. The van der Waals surface area contributed by atoms with Crippen LogP contribution >= 0.6 is 0 Å². The minimum absolute atomic E-state index is 0.0155. The van der Waals surface area contributed by atoms with E-state index in [-0.39, 0.29) is 29.8 Å². The molecule has 0 spiro atoms. The van der Waals surface area contributed by atoms with E-state index in [1.807, 2.05) is 30.3 Å². The van der Waals surface area contributed by atoms with E-state index < -0.39 is 5.92 Å². The van der Waals surface area contributed by atoms with Gasteiger partial charge in [0.1, 0.15) is 17.3 Å². The lowest BCUT2D eigenvalue weighted by molar-refractivity contribution is -0.120.